The number of unbranched alkanes of at least 4 members (excludes halogenated alkanes) is 7. The van der Waals surface area contributed by atoms with Crippen LogP contribution in [0.3, 0.4) is 0 Å². The molecule has 0 fully saturated rings. The fourth-order valence-corrected chi connectivity index (χ4v) is 2.64. The molecule has 0 aromatic carbocycles. The van der Waals surface area contributed by atoms with Crippen molar-refractivity contribution < 1.29 is 14.3 Å². The number of aryl methyl sites for hydroxylation is 2. The summed E-state index contributed by atoms with van der Waals surface area (Å²) in [5.74, 6) is 0.482. The lowest BCUT2D eigenvalue weighted by atomic mass is 10.0. The lowest BCUT2D eigenvalue weighted by Crippen LogP contribution is -1.94. The summed E-state index contributed by atoms with van der Waals surface area (Å²) in [5, 5.41) is 8.56. The zero-order valence-electron chi connectivity index (χ0n) is 13.4. The number of carbonyl (C=O) groups is 1. The first-order valence-corrected chi connectivity index (χ1v) is 8.51. The van der Waals surface area contributed by atoms with Crippen LogP contribution in [0.25, 0.3) is 0 Å². The molecule has 0 unspecified atom stereocenters. The SMILES string of the molecule is CCCCCCc1ccoc1CCCCCCCC(=O)O. The van der Waals surface area contributed by atoms with Crippen LogP contribution in [0.2, 0.25) is 0 Å². The molecule has 1 heterocycles. The molecule has 0 aliphatic carbocycles. The average molecular weight is 294 g/mol. The molecular weight excluding hydrogens is 264 g/mol. The molecule has 3 nitrogen and oxygen atoms in total. The molecular formula is C18H30O3. The number of carboxylic acid groups (broad SMARTS) is 1. The van der Waals surface area contributed by atoms with E-state index in [0.717, 1.165) is 50.7 Å². The zero-order valence-corrected chi connectivity index (χ0v) is 13.4. The van der Waals surface area contributed by atoms with Crippen molar-refractivity contribution in [1.29, 1.82) is 0 Å². The molecule has 1 rings (SSSR count). The number of rotatable bonds is 13. The largest absolute Gasteiger partial charge is 0.481 e. The Morgan fingerprint density at radius 3 is 2.43 bits per heavy atom. The van der Waals surface area contributed by atoms with Gasteiger partial charge >= 0.3 is 5.97 Å². The van der Waals surface area contributed by atoms with Gasteiger partial charge in [0.15, 0.2) is 0 Å². The van der Waals surface area contributed by atoms with Crippen molar-refractivity contribution in [3.05, 3.63) is 23.7 Å². The molecule has 0 atom stereocenters. The minimum atomic E-state index is -0.682. The summed E-state index contributed by atoms with van der Waals surface area (Å²) < 4.78 is 5.60. The first-order valence-electron chi connectivity index (χ1n) is 8.51. The van der Waals surface area contributed by atoms with Crippen LogP contribution in [-0.2, 0) is 17.6 Å². The first kappa shape index (κ1) is 17.8. The van der Waals surface area contributed by atoms with Crippen LogP contribution in [0.1, 0.15) is 82.5 Å². The monoisotopic (exact) mass is 294 g/mol. The summed E-state index contributed by atoms with van der Waals surface area (Å²) in [6, 6.07) is 2.12. The van der Waals surface area contributed by atoms with Crippen molar-refractivity contribution in [2.24, 2.45) is 0 Å². The number of hydrogen-bond donors (Lipinski definition) is 1. The van der Waals surface area contributed by atoms with Gasteiger partial charge in [-0.3, -0.25) is 4.79 Å². The van der Waals surface area contributed by atoms with Gasteiger partial charge in [-0.25, -0.2) is 0 Å². The van der Waals surface area contributed by atoms with Crippen LogP contribution in [0.5, 0.6) is 0 Å². The Morgan fingerprint density at radius 1 is 1.00 bits per heavy atom. The second-order valence-corrected chi connectivity index (χ2v) is 5.84. The topological polar surface area (TPSA) is 50.4 Å². The summed E-state index contributed by atoms with van der Waals surface area (Å²) in [5.41, 5.74) is 1.39. The maximum Gasteiger partial charge on any atom is 0.303 e. The number of furan rings is 1. The van der Waals surface area contributed by atoms with Gasteiger partial charge in [0.05, 0.1) is 6.26 Å². The Balaban J connectivity index is 2.09. The molecule has 1 N–H and O–H groups in total. The molecule has 21 heavy (non-hydrogen) atoms. The van der Waals surface area contributed by atoms with E-state index >= 15 is 0 Å². The number of aliphatic carboxylic acids is 1. The van der Waals surface area contributed by atoms with Crippen molar-refractivity contribution in [3.8, 4) is 0 Å². The van der Waals surface area contributed by atoms with Gasteiger partial charge in [0.25, 0.3) is 0 Å². The van der Waals surface area contributed by atoms with Gasteiger partial charge in [-0.1, -0.05) is 45.4 Å². The summed E-state index contributed by atoms with van der Waals surface area (Å²) in [7, 11) is 0. The normalized spacial score (nSPS) is 10.9. The van der Waals surface area contributed by atoms with Gasteiger partial charge in [-0.05, 0) is 37.3 Å². The van der Waals surface area contributed by atoms with E-state index in [1.807, 2.05) is 6.26 Å². The average Bonchev–Trinajstić information content (AvgIpc) is 2.90. The van der Waals surface area contributed by atoms with Crippen molar-refractivity contribution in [3.63, 3.8) is 0 Å². The number of carboxylic acids is 1. The van der Waals surface area contributed by atoms with Crippen LogP contribution in [0.4, 0.5) is 0 Å². The van der Waals surface area contributed by atoms with Gasteiger partial charge in [-0.15, -0.1) is 0 Å². The Morgan fingerprint density at radius 2 is 1.67 bits per heavy atom. The van der Waals surface area contributed by atoms with Crippen molar-refractivity contribution in [2.75, 3.05) is 0 Å². The van der Waals surface area contributed by atoms with Crippen LogP contribution < -0.4 is 0 Å². The third-order valence-corrected chi connectivity index (χ3v) is 3.93. The smallest absolute Gasteiger partial charge is 0.303 e. The Labute approximate surface area is 128 Å². The third kappa shape index (κ3) is 8.59. The second-order valence-electron chi connectivity index (χ2n) is 5.84. The molecule has 0 aliphatic heterocycles. The van der Waals surface area contributed by atoms with E-state index in [0.29, 0.717) is 6.42 Å². The zero-order chi connectivity index (χ0) is 15.3. The van der Waals surface area contributed by atoms with E-state index in [9.17, 15) is 4.79 Å². The second kappa shape index (κ2) is 11.4. The van der Waals surface area contributed by atoms with Crippen molar-refractivity contribution in [1.82, 2.24) is 0 Å². The van der Waals surface area contributed by atoms with Crippen LogP contribution in [0, 0.1) is 0 Å². The van der Waals surface area contributed by atoms with Crippen LogP contribution in [0.15, 0.2) is 16.7 Å². The molecule has 0 amide bonds. The highest BCUT2D eigenvalue weighted by Gasteiger charge is 2.06. The highest BCUT2D eigenvalue weighted by atomic mass is 16.4. The van der Waals surface area contributed by atoms with Gasteiger partial charge in [0, 0.05) is 12.8 Å². The first-order chi connectivity index (χ1) is 10.2. The molecule has 0 aliphatic rings. The predicted molar refractivity (Wildman–Crippen MR) is 85.6 cm³/mol. The van der Waals surface area contributed by atoms with E-state index < -0.39 is 5.97 Å². The molecule has 0 saturated heterocycles. The van der Waals surface area contributed by atoms with E-state index in [-0.39, 0.29) is 0 Å². The minimum absolute atomic E-state index is 0.306. The van der Waals surface area contributed by atoms with Gasteiger partial charge < -0.3 is 9.52 Å². The molecule has 1 aromatic heterocycles. The quantitative estimate of drug-likeness (QED) is 0.497. The fraction of sp³-hybridized carbons (Fsp3) is 0.722. The summed E-state index contributed by atoms with van der Waals surface area (Å²) in [4.78, 5) is 10.4. The van der Waals surface area contributed by atoms with Crippen LogP contribution >= 0.6 is 0 Å². The standard InChI is InChI=1S/C18H30O3/c1-2-3-4-8-11-16-14-15-21-17(16)12-9-6-5-7-10-13-18(19)20/h14-15H,2-13H2,1H3,(H,19,20). The summed E-state index contributed by atoms with van der Waals surface area (Å²) in [6.07, 6.45) is 14.7. The van der Waals surface area contributed by atoms with Gasteiger partial charge in [0.2, 0.25) is 0 Å². The van der Waals surface area contributed by atoms with E-state index in [1.165, 1.54) is 31.2 Å². The summed E-state index contributed by atoms with van der Waals surface area (Å²) >= 11 is 0. The molecule has 0 saturated carbocycles. The van der Waals surface area contributed by atoms with E-state index in [1.54, 1.807) is 0 Å². The summed E-state index contributed by atoms with van der Waals surface area (Å²) in [6.45, 7) is 2.24. The molecule has 120 valence electrons. The van der Waals surface area contributed by atoms with Gasteiger partial charge in [0.1, 0.15) is 5.76 Å². The van der Waals surface area contributed by atoms with Crippen LogP contribution in [-0.4, -0.2) is 11.1 Å². The maximum absolute atomic E-state index is 10.4. The maximum atomic E-state index is 10.4. The van der Waals surface area contributed by atoms with E-state index in [2.05, 4.69) is 13.0 Å². The van der Waals surface area contributed by atoms with Gasteiger partial charge in [-0.2, -0.15) is 0 Å². The highest BCUT2D eigenvalue weighted by molar-refractivity contribution is 5.66. The molecule has 0 bridgehead atoms. The molecule has 0 spiro atoms. The molecule has 1 aromatic rings. The Kier molecular flexibility index (Phi) is 9.68. The minimum Gasteiger partial charge on any atom is -0.481 e. The molecule has 0 radical (unpaired) electrons. The van der Waals surface area contributed by atoms with Crippen molar-refractivity contribution >= 4 is 5.97 Å². The molecule has 3 heteroatoms. The predicted octanol–water partition coefficient (Wildman–Crippen LogP) is 5.37. The van der Waals surface area contributed by atoms with E-state index in [4.69, 9.17) is 9.52 Å². The Hall–Kier alpha value is -1.25. The third-order valence-electron chi connectivity index (χ3n) is 3.93. The fourth-order valence-electron chi connectivity index (χ4n) is 2.64. The lowest BCUT2D eigenvalue weighted by molar-refractivity contribution is -0.137. The Bertz CT molecular complexity index is 382. The number of hydrogen-bond acceptors (Lipinski definition) is 2. The highest BCUT2D eigenvalue weighted by Crippen LogP contribution is 2.18. The lowest BCUT2D eigenvalue weighted by Gasteiger charge is -2.03. The van der Waals surface area contributed by atoms with Crippen molar-refractivity contribution in [2.45, 2.75) is 84.0 Å².